The number of carbonyl (C=O) groups excluding carboxylic acids is 1. The van der Waals surface area contributed by atoms with Gasteiger partial charge in [-0.25, -0.2) is 8.42 Å². The first kappa shape index (κ1) is 22.5. The third kappa shape index (κ3) is 5.62. The monoisotopic (exact) mass is 435 g/mol. The molecule has 0 spiro atoms. The van der Waals surface area contributed by atoms with E-state index in [1.54, 1.807) is 43.3 Å². The van der Waals surface area contributed by atoms with Crippen molar-refractivity contribution in [2.45, 2.75) is 25.8 Å². The van der Waals surface area contributed by atoms with Gasteiger partial charge in [-0.2, -0.15) is 5.26 Å². The fraction of sp³-hybridized carbons (Fsp3) is 0.300. The summed E-state index contributed by atoms with van der Waals surface area (Å²) in [6.07, 6.45) is 1.55. The summed E-state index contributed by atoms with van der Waals surface area (Å²) in [5.74, 6) is -0.0725. The molecule has 9 heteroatoms. The molecule has 0 heterocycles. The van der Waals surface area contributed by atoms with E-state index in [0.29, 0.717) is 11.4 Å². The van der Waals surface area contributed by atoms with E-state index in [-0.39, 0.29) is 23.6 Å². The number of methoxy groups -OCH3 is 1. The summed E-state index contributed by atoms with van der Waals surface area (Å²) in [5.41, 5.74) is 1.60. The van der Waals surface area contributed by atoms with Crippen LogP contribution in [0.3, 0.4) is 0 Å². The lowest BCUT2D eigenvalue weighted by Gasteiger charge is -2.30. The number of carbonyl (C=O) groups is 1. The predicted molar refractivity (Wildman–Crippen MR) is 114 cm³/mol. The summed E-state index contributed by atoms with van der Waals surface area (Å²) >= 11 is 6.15. The number of sulfonamides is 1. The molecule has 29 heavy (non-hydrogen) atoms. The van der Waals surface area contributed by atoms with Gasteiger partial charge >= 0.3 is 0 Å². The van der Waals surface area contributed by atoms with Crippen LogP contribution in [-0.4, -0.2) is 33.7 Å². The highest BCUT2D eigenvalue weighted by molar-refractivity contribution is 7.92. The van der Waals surface area contributed by atoms with E-state index in [4.69, 9.17) is 21.6 Å². The first-order chi connectivity index (χ1) is 13.7. The van der Waals surface area contributed by atoms with Crippen LogP contribution in [0.4, 0.5) is 11.4 Å². The van der Waals surface area contributed by atoms with E-state index in [1.165, 1.54) is 13.2 Å². The van der Waals surface area contributed by atoms with Gasteiger partial charge in [0.2, 0.25) is 15.9 Å². The third-order valence-corrected chi connectivity index (χ3v) is 5.70. The molecule has 0 bridgehead atoms. The van der Waals surface area contributed by atoms with Gasteiger partial charge in [0, 0.05) is 5.69 Å². The molecule has 1 N–H and O–H groups in total. The normalized spacial score (nSPS) is 12.0. The molecular formula is C20H22ClN3O4S. The highest BCUT2D eigenvalue weighted by atomic mass is 35.5. The van der Waals surface area contributed by atoms with Crippen LogP contribution in [0.2, 0.25) is 5.02 Å². The van der Waals surface area contributed by atoms with Gasteiger partial charge in [-0.15, -0.1) is 0 Å². The van der Waals surface area contributed by atoms with Gasteiger partial charge in [-0.3, -0.25) is 9.10 Å². The lowest BCUT2D eigenvalue weighted by Crippen LogP contribution is -2.47. The van der Waals surface area contributed by atoms with E-state index in [1.807, 2.05) is 0 Å². The van der Waals surface area contributed by atoms with E-state index in [9.17, 15) is 13.2 Å². The number of hydrogen-bond acceptors (Lipinski definition) is 5. The molecule has 154 valence electrons. The fourth-order valence-corrected chi connectivity index (χ4v) is 4.33. The van der Waals surface area contributed by atoms with E-state index in [0.717, 1.165) is 16.1 Å². The lowest BCUT2D eigenvalue weighted by atomic mass is 10.1. The molecule has 2 aromatic rings. The number of nitriles is 1. The van der Waals surface area contributed by atoms with E-state index >= 15 is 0 Å². The van der Waals surface area contributed by atoms with Crippen LogP contribution in [-0.2, 0) is 21.2 Å². The molecule has 0 aliphatic heterocycles. The largest absolute Gasteiger partial charge is 0.495 e. The molecule has 0 aliphatic carbocycles. The minimum atomic E-state index is -3.78. The van der Waals surface area contributed by atoms with Gasteiger partial charge in [0.05, 0.1) is 36.6 Å². The maximum atomic E-state index is 12.9. The molecule has 2 rings (SSSR count). The van der Waals surface area contributed by atoms with Gasteiger partial charge in [0.25, 0.3) is 0 Å². The highest BCUT2D eigenvalue weighted by Gasteiger charge is 2.32. The first-order valence-corrected chi connectivity index (χ1v) is 11.0. The van der Waals surface area contributed by atoms with Gasteiger partial charge in [0.1, 0.15) is 11.8 Å². The average molecular weight is 436 g/mol. The number of amides is 1. The van der Waals surface area contributed by atoms with E-state index < -0.39 is 22.0 Å². The Morgan fingerprint density at radius 1 is 1.28 bits per heavy atom. The molecule has 0 radical (unpaired) electrons. The van der Waals surface area contributed by atoms with Crippen LogP contribution in [0.1, 0.15) is 18.9 Å². The molecule has 2 aromatic carbocycles. The summed E-state index contributed by atoms with van der Waals surface area (Å²) in [5, 5.41) is 11.7. The van der Waals surface area contributed by atoms with Crippen molar-refractivity contribution in [2.24, 2.45) is 0 Å². The van der Waals surface area contributed by atoms with Crippen LogP contribution < -0.4 is 14.4 Å². The fourth-order valence-electron chi connectivity index (χ4n) is 2.88. The van der Waals surface area contributed by atoms with Crippen molar-refractivity contribution < 1.29 is 17.9 Å². The van der Waals surface area contributed by atoms with Crippen molar-refractivity contribution in [3.8, 4) is 11.8 Å². The van der Waals surface area contributed by atoms with E-state index in [2.05, 4.69) is 11.4 Å². The Hall–Kier alpha value is -2.76. The summed E-state index contributed by atoms with van der Waals surface area (Å²) in [6, 6.07) is 12.4. The molecule has 0 saturated heterocycles. The second kappa shape index (κ2) is 9.63. The average Bonchev–Trinajstić information content (AvgIpc) is 2.66. The van der Waals surface area contributed by atoms with Crippen molar-refractivity contribution in [1.82, 2.24) is 0 Å². The van der Waals surface area contributed by atoms with Gasteiger partial charge in [-0.05, 0) is 42.3 Å². The Balaban J connectivity index is 2.34. The van der Waals surface area contributed by atoms with Gasteiger partial charge in [0.15, 0.2) is 0 Å². The topological polar surface area (TPSA) is 99.5 Å². The Bertz CT molecular complexity index is 1020. The highest BCUT2D eigenvalue weighted by Crippen LogP contribution is 2.32. The minimum Gasteiger partial charge on any atom is -0.495 e. The maximum absolute atomic E-state index is 12.9. The quantitative estimate of drug-likeness (QED) is 0.682. The number of ether oxygens (including phenoxy) is 1. The standard InChI is InChI=1S/C20H22ClN3O4S/c1-4-18(20(25)23-15-7-5-14(6-8-15)11-12-22)24(29(3,26)27)16-9-10-19(28-2)17(21)13-16/h5-10,13,18H,4,11H2,1-3H3,(H,23,25)/t18-/m0/s1. The zero-order valence-electron chi connectivity index (χ0n) is 16.3. The number of benzene rings is 2. The number of hydrogen-bond donors (Lipinski definition) is 1. The van der Waals surface area contributed by atoms with Crippen LogP contribution in [0.5, 0.6) is 5.75 Å². The Kier molecular flexibility index (Phi) is 7.48. The smallest absolute Gasteiger partial charge is 0.248 e. The summed E-state index contributed by atoms with van der Waals surface area (Å²) < 4.78 is 31.2. The molecule has 1 atom stereocenters. The molecular weight excluding hydrogens is 414 g/mol. The Morgan fingerprint density at radius 3 is 2.41 bits per heavy atom. The van der Waals surface area contributed by atoms with Crippen molar-refractivity contribution in [2.75, 3.05) is 23.0 Å². The molecule has 0 unspecified atom stereocenters. The summed E-state index contributed by atoms with van der Waals surface area (Å²) in [7, 11) is -2.32. The zero-order valence-corrected chi connectivity index (χ0v) is 17.9. The summed E-state index contributed by atoms with van der Waals surface area (Å²) in [4.78, 5) is 12.9. The summed E-state index contributed by atoms with van der Waals surface area (Å²) in [6.45, 7) is 1.73. The number of anilines is 2. The number of rotatable bonds is 8. The molecule has 0 aromatic heterocycles. The second-order valence-electron chi connectivity index (χ2n) is 6.32. The number of halogens is 1. The second-order valence-corrected chi connectivity index (χ2v) is 8.59. The zero-order chi connectivity index (χ0) is 21.6. The Labute approximate surface area is 175 Å². The van der Waals surface area contributed by atoms with Crippen LogP contribution in [0.15, 0.2) is 42.5 Å². The molecule has 0 aliphatic rings. The van der Waals surface area contributed by atoms with Crippen molar-refractivity contribution in [1.29, 1.82) is 5.26 Å². The van der Waals surface area contributed by atoms with Crippen molar-refractivity contribution >= 4 is 38.9 Å². The first-order valence-electron chi connectivity index (χ1n) is 8.81. The molecule has 1 amide bonds. The van der Waals surface area contributed by atoms with Crippen LogP contribution in [0, 0.1) is 11.3 Å². The minimum absolute atomic E-state index is 0.238. The third-order valence-electron chi connectivity index (χ3n) is 4.22. The Morgan fingerprint density at radius 2 is 1.93 bits per heavy atom. The lowest BCUT2D eigenvalue weighted by molar-refractivity contribution is -0.117. The molecule has 0 saturated carbocycles. The van der Waals surface area contributed by atoms with Crippen LogP contribution >= 0.6 is 11.6 Å². The predicted octanol–water partition coefficient (Wildman–Crippen LogP) is 3.60. The number of nitrogens with zero attached hydrogens (tertiary/aromatic N) is 2. The van der Waals surface area contributed by atoms with Gasteiger partial charge < -0.3 is 10.1 Å². The van der Waals surface area contributed by atoms with Crippen molar-refractivity contribution in [3.05, 3.63) is 53.1 Å². The maximum Gasteiger partial charge on any atom is 0.248 e. The molecule has 7 nitrogen and oxygen atoms in total. The van der Waals surface area contributed by atoms with Crippen molar-refractivity contribution in [3.63, 3.8) is 0 Å². The number of nitrogens with one attached hydrogen (secondary N) is 1. The molecule has 0 fully saturated rings. The van der Waals surface area contributed by atoms with Gasteiger partial charge in [-0.1, -0.05) is 30.7 Å². The van der Waals surface area contributed by atoms with Crippen LogP contribution in [0.25, 0.3) is 0 Å². The SMILES string of the molecule is CC[C@@H](C(=O)Nc1ccc(CC#N)cc1)N(c1ccc(OC)c(Cl)c1)S(C)(=O)=O.